The zero-order chi connectivity index (χ0) is 16.9. The number of carbonyl (C=O) groups is 3. The van der Waals surface area contributed by atoms with Crippen molar-refractivity contribution in [2.45, 2.75) is 71.7 Å². The highest BCUT2D eigenvalue weighted by molar-refractivity contribution is 5.82. The molecule has 1 heterocycles. The van der Waals surface area contributed by atoms with E-state index in [4.69, 9.17) is 14.6 Å². The number of ether oxygens (including phenoxy) is 2. The first-order valence-electron chi connectivity index (χ1n) is 7.82. The smallest absolute Gasteiger partial charge is 0.303 e. The maximum Gasteiger partial charge on any atom is 0.303 e. The highest BCUT2D eigenvalue weighted by Gasteiger charge is 2.43. The maximum absolute atomic E-state index is 11.9. The summed E-state index contributed by atoms with van der Waals surface area (Å²) in [5.41, 5.74) is 0. The first-order valence-corrected chi connectivity index (χ1v) is 7.82. The Morgan fingerprint density at radius 1 is 1.09 bits per heavy atom. The molecule has 5 atom stereocenters. The molecular weight excluding hydrogens is 288 g/mol. The molecule has 5 unspecified atom stereocenters. The van der Waals surface area contributed by atoms with Gasteiger partial charge in [-0.1, -0.05) is 20.8 Å². The lowest BCUT2D eigenvalue weighted by molar-refractivity contribution is -0.196. The Labute approximate surface area is 131 Å². The molecule has 6 heteroatoms. The number of esters is 1. The number of carboxylic acids is 1. The van der Waals surface area contributed by atoms with Crippen molar-refractivity contribution >= 4 is 17.7 Å². The van der Waals surface area contributed by atoms with Crippen molar-refractivity contribution in [1.29, 1.82) is 0 Å². The van der Waals surface area contributed by atoms with Crippen molar-refractivity contribution in [1.82, 2.24) is 0 Å². The molecule has 0 spiro atoms. The third-order valence-electron chi connectivity index (χ3n) is 4.40. The Balaban J connectivity index is 2.78. The minimum atomic E-state index is -0.997. The molecule has 1 fully saturated rings. The molecule has 0 aromatic carbocycles. The molecule has 0 aromatic rings. The molecular formula is C16H26O6. The van der Waals surface area contributed by atoms with Crippen LogP contribution < -0.4 is 0 Å². The van der Waals surface area contributed by atoms with E-state index in [0.29, 0.717) is 0 Å². The molecule has 22 heavy (non-hydrogen) atoms. The number of aliphatic carboxylic acids is 1. The standard InChI is InChI=1S/C16H26O6/c1-5-13-9(2)10(3)16(21-11(4)17)14(22-13)8-12(18)6-7-15(19)20/h9-10,13-14,16H,5-8H2,1-4H3,(H,19,20). The molecule has 1 rings (SSSR count). The highest BCUT2D eigenvalue weighted by atomic mass is 16.6. The van der Waals surface area contributed by atoms with Crippen LogP contribution in [0.4, 0.5) is 0 Å². The van der Waals surface area contributed by atoms with Gasteiger partial charge in [-0.15, -0.1) is 0 Å². The Hall–Kier alpha value is -1.43. The fourth-order valence-electron chi connectivity index (χ4n) is 2.98. The molecule has 0 aliphatic carbocycles. The van der Waals surface area contributed by atoms with Crippen molar-refractivity contribution in [2.75, 3.05) is 0 Å². The Bertz CT molecular complexity index is 419. The molecule has 126 valence electrons. The summed E-state index contributed by atoms with van der Waals surface area (Å²) in [6.07, 6.45) is -0.267. The number of carboxylic acid groups (broad SMARTS) is 1. The lowest BCUT2D eigenvalue weighted by atomic mass is 9.79. The van der Waals surface area contributed by atoms with Gasteiger partial charge in [0.1, 0.15) is 18.0 Å². The van der Waals surface area contributed by atoms with E-state index >= 15 is 0 Å². The topological polar surface area (TPSA) is 89.9 Å². The van der Waals surface area contributed by atoms with E-state index in [0.717, 1.165) is 6.42 Å². The summed E-state index contributed by atoms with van der Waals surface area (Å²) in [6, 6.07) is 0. The zero-order valence-corrected chi connectivity index (χ0v) is 13.7. The van der Waals surface area contributed by atoms with Gasteiger partial charge in [0.15, 0.2) is 0 Å². The second-order valence-electron chi connectivity index (χ2n) is 6.05. The van der Waals surface area contributed by atoms with Crippen LogP contribution >= 0.6 is 0 Å². The molecule has 1 N–H and O–H groups in total. The van der Waals surface area contributed by atoms with Crippen molar-refractivity contribution in [2.24, 2.45) is 11.8 Å². The van der Waals surface area contributed by atoms with Crippen LogP contribution in [-0.4, -0.2) is 41.1 Å². The normalized spacial score (nSPS) is 31.5. The Morgan fingerprint density at radius 3 is 2.23 bits per heavy atom. The lowest BCUT2D eigenvalue weighted by Crippen LogP contribution is -2.51. The largest absolute Gasteiger partial charge is 0.481 e. The van der Waals surface area contributed by atoms with E-state index in [1.54, 1.807) is 0 Å². The van der Waals surface area contributed by atoms with Crippen molar-refractivity contribution in [3.05, 3.63) is 0 Å². The predicted molar refractivity (Wildman–Crippen MR) is 79.3 cm³/mol. The van der Waals surface area contributed by atoms with E-state index in [1.165, 1.54) is 6.92 Å². The molecule has 1 aliphatic heterocycles. The zero-order valence-electron chi connectivity index (χ0n) is 13.7. The van der Waals surface area contributed by atoms with Gasteiger partial charge in [-0.2, -0.15) is 0 Å². The van der Waals surface area contributed by atoms with Gasteiger partial charge in [0.2, 0.25) is 0 Å². The summed E-state index contributed by atoms with van der Waals surface area (Å²) in [7, 11) is 0. The molecule has 0 amide bonds. The maximum atomic E-state index is 11.9. The summed E-state index contributed by atoms with van der Waals surface area (Å²) in [6.45, 7) is 7.41. The average Bonchev–Trinajstić information content (AvgIpc) is 2.44. The van der Waals surface area contributed by atoms with Gasteiger partial charge in [-0.05, 0) is 12.3 Å². The van der Waals surface area contributed by atoms with Crippen molar-refractivity contribution in [3.63, 3.8) is 0 Å². The first-order chi connectivity index (χ1) is 10.3. The van der Waals surface area contributed by atoms with Crippen LogP contribution in [0.3, 0.4) is 0 Å². The Morgan fingerprint density at radius 2 is 1.73 bits per heavy atom. The minimum absolute atomic E-state index is 0.0130. The predicted octanol–water partition coefficient (Wildman–Crippen LogP) is 2.19. The second-order valence-corrected chi connectivity index (χ2v) is 6.05. The van der Waals surface area contributed by atoms with Crippen LogP contribution in [0.5, 0.6) is 0 Å². The number of hydrogen-bond acceptors (Lipinski definition) is 5. The van der Waals surface area contributed by atoms with Gasteiger partial charge >= 0.3 is 11.9 Å². The van der Waals surface area contributed by atoms with Crippen molar-refractivity contribution in [3.8, 4) is 0 Å². The number of ketones is 1. The number of carbonyl (C=O) groups excluding carboxylic acids is 2. The minimum Gasteiger partial charge on any atom is -0.481 e. The number of rotatable bonds is 7. The van der Waals surface area contributed by atoms with Crippen LogP contribution in [0, 0.1) is 11.8 Å². The third-order valence-corrected chi connectivity index (χ3v) is 4.40. The first kappa shape index (κ1) is 18.6. The van der Waals surface area contributed by atoms with Gasteiger partial charge in [0, 0.05) is 25.7 Å². The van der Waals surface area contributed by atoms with Crippen LogP contribution in [0.15, 0.2) is 0 Å². The molecule has 0 aromatic heterocycles. The molecule has 1 aliphatic rings. The molecule has 6 nitrogen and oxygen atoms in total. The summed E-state index contributed by atoms with van der Waals surface area (Å²) in [5, 5.41) is 8.64. The van der Waals surface area contributed by atoms with E-state index < -0.39 is 24.1 Å². The van der Waals surface area contributed by atoms with E-state index in [9.17, 15) is 14.4 Å². The molecule has 0 bridgehead atoms. The van der Waals surface area contributed by atoms with E-state index in [1.807, 2.05) is 13.8 Å². The monoisotopic (exact) mass is 314 g/mol. The van der Waals surface area contributed by atoms with Crippen LogP contribution in [0.2, 0.25) is 0 Å². The molecule has 0 saturated carbocycles. The Kier molecular flexibility index (Phi) is 7.00. The summed E-state index contributed by atoms with van der Waals surface area (Å²) < 4.78 is 11.3. The van der Waals surface area contributed by atoms with E-state index in [2.05, 4.69) is 6.92 Å². The van der Waals surface area contributed by atoms with E-state index in [-0.39, 0.29) is 43.0 Å². The molecule has 0 radical (unpaired) electrons. The number of Topliss-reactive ketones (excluding diaryl/α,β-unsaturated/α-hetero) is 1. The van der Waals surface area contributed by atoms with Crippen LogP contribution in [0.25, 0.3) is 0 Å². The van der Waals surface area contributed by atoms with Crippen LogP contribution in [-0.2, 0) is 23.9 Å². The number of hydrogen-bond donors (Lipinski definition) is 1. The van der Waals surface area contributed by atoms with Crippen molar-refractivity contribution < 1.29 is 29.0 Å². The fourth-order valence-corrected chi connectivity index (χ4v) is 2.98. The van der Waals surface area contributed by atoms with Gasteiger partial charge in [0.05, 0.1) is 12.5 Å². The second kappa shape index (κ2) is 8.27. The fraction of sp³-hybridized carbons (Fsp3) is 0.812. The van der Waals surface area contributed by atoms with Gasteiger partial charge in [0.25, 0.3) is 0 Å². The quantitative estimate of drug-likeness (QED) is 0.724. The summed E-state index contributed by atoms with van der Waals surface area (Å²) in [5.74, 6) is -1.27. The van der Waals surface area contributed by atoms with Gasteiger partial charge in [-0.3, -0.25) is 14.4 Å². The summed E-state index contributed by atoms with van der Waals surface area (Å²) >= 11 is 0. The average molecular weight is 314 g/mol. The highest BCUT2D eigenvalue weighted by Crippen LogP contribution is 2.35. The molecule has 1 saturated heterocycles. The summed E-state index contributed by atoms with van der Waals surface area (Å²) in [4.78, 5) is 33.8. The lowest BCUT2D eigenvalue weighted by Gasteiger charge is -2.44. The van der Waals surface area contributed by atoms with Crippen LogP contribution in [0.1, 0.15) is 53.4 Å². The third kappa shape index (κ3) is 5.09. The van der Waals surface area contributed by atoms with Gasteiger partial charge < -0.3 is 14.6 Å². The van der Waals surface area contributed by atoms with Gasteiger partial charge in [-0.25, -0.2) is 0 Å². The SMILES string of the molecule is CCC1OC(CC(=O)CCC(=O)O)C(OC(C)=O)C(C)C1C.